The molecule has 0 saturated heterocycles. The molecule has 0 saturated carbocycles. The number of carbonyl (C=O) groups is 1. The maximum absolute atomic E-state index is 12.4. The summed E-state index contributed by atoms with van der Waals surface area (Å²) in [6, 6.07) is 3.83. The number of aromatic nitrogens is 1. The van der Waals surface area contributed by atoms with Crippen LogP contribution in [-0.2, 0) is 11.3 Å². The smallest absolute Gasteiger partial charge is 0.338 e. The van der Waals surface area contributed by atoms with Gasteiger partial charge in [0.25, 0.3) is 0 Å². The molecule has 0 N–H and O–H groups in total. The van der Waals surface area contributed by atoms with Gasteiger partial charge in [-0.05, 0) is 12.8 Å². The number of esters is 1. The maximum atomic E-state index is 12.4. The molecule has 0 aliphatic rings. The molecule has 0 unspecified atom stereocenters. The fraction of sp³-hybridized carbons (Fsp3) is 0.850. The van der Waals surface area contributed by atoms with Gasteiger partial charge >= 0.3 is 5.97 Å². The van der Waals surface area contributed by atoms with Crippen molar-refractivity contribution in [2.24, 2.45) is 0 Å². The van der Waals surface area contributed by atoms with E-state index in [0.717, 1.165) is 13.0 Å². The van der Waals surface area contributed by atoms with Crippen molar-refractivity contribution in [2.45, 2.75) is 213 Å². The molecule has 1 rings (SSSR count). The Labute approximate surface area is 269 Å². The van der Waals surface area contributed by atoms with Crippen LogP contribution in [-0.4, -0.2) is 12.6 Å². The van der Waals surface area contributed by atoms with Crippen molar-refractivity contribution in [2.75, 3.05) is 6.61 Å². The van der Waals surface area contributed by atoms with E-state index in [-0.39, 0.29) is 5.97 Å². The third kappa shape index (κ3) is 26.7. The maximum Gasteiger partial charge on any atom is 0.338 e. The fourth-order valence-electron chi connectivity index (χ4n) is 6.13. The number of ether oxygens (including phenoxy) is 1. The van der Waals surface area contributed by atoms with Crippen LogP contribution in [0.5, 0.6) is 0 Å². The first-order valence-electron chi connectivity index (χ1n) is 19.4. The van der Waals surface area contributed by atoms with Crippen molar-refractivity contribution in [3.05, 3.63) is 30.1 Å². The van der Waals surface area contributed by atoms with Crippen LogP contribution in [0.4, 0.5) is 0 Å². The Morgan fingerprint density at radius 1 is 0.465 bits per heavy atom. The first kappa shape index (κ1) is 39.6. The van der Waals surface area contributed by atoms with Crippen LogP contribution in [0.2, 0.25) is 0 Å². The van der Waals surface area contributed by atoms with Crippen molar-refractivity contribution in [1.29, 1.82) is 0 Å². The number of pyridine rings is 1. The van der Waals surface area contributed by atoms with E-state index in [1.807, 2.05) is 24.5 Å². The molecule has 0 fully saturated rings. The molecular formula is C40H74NO2+. The first-order valence-corrected chi connectivity index (χ1v) is 19.4. The van der Waals surface area contributed by atoms with E-state index >= 15 is 0 Å². The Morgan fingerprint density at radius 2 is 0.767 bits per heavy atom. The molecule has 0 aliphatic heterocycles. The first-order chi connectivity index (χ1) is 21.3. The molecule has 0 aromatic carbocycles. The van der Waals surface area contributed by atoms with Crippen LogP contribution in [0.25, 0.3) is 0 Å². The summed E-state index contributed by atoms with van der Waals surface area (Å²) in [7, 11) is 0. The lowest BCUT2D eigenvalue weighted by Crippen LogP contribution is -2.32. The monoisotopic (exact) mass is 601 g/mol. The highest BCUT2D eigenvalue weighted by atomic mass is 16.5. The average molecular weight is 601 g/mol. The molecule has 0 radical (unpaired) electrons. The minimum Gasteiger partial charge on any atom is -0.462 e. The van der Waals surface area contributed by atoms with Crippen LogP contribution < -0.4 is 4.57 Å². The molecule has 0 spiro atoms. The Morgan fingerprint density at radius 3 is 1.12 bits per heavy atom. The highest BCUT2D eigenvalue weighted by Crippen LogP contribution is 2.15. The normalized spacial score (nSPS) is 11.3. The van der Waals surface area contributed by atoms with Gasteiger partial charge in [-0.15, -0.1) is 0 Å². The van der Waals surface area contributed by atoms with Gasteiger partial charge < -0.3 is 4.74 Å². The van der Waals surface area contributed by atoms with Gasteiger partial charge in [-0.3, -0.25) is 0 Å². The summed E-state index contributed by atoms with van der Waals surface area (Å²) in [6.45, 7) is 6.16. The Hall–Kier alpha value is -1.38. The lowest BCUT2D eigenvalue weighted by Gasteiger charge is -2.05. The second-order valence-corrected chi connectivity index (χ2v) is 13.4. The fourth-order valence-corrected chi connectivity index (χ4v) is 6.13. The van der Waals surface area contributed by atoms with Crippen molar-refractivity contribution in [1.82, 2.24) is 0 Å². The lowest BCUT2D eigenvalue weighted by atomic mass is 10.0. The third-order valence-corrected chi connectivity index (χ3v) is 9.13. The van der Waals surface area contributed by atoms with Crippen molar-refractivity contribution < 1.29 is 14.1 Å². The van der Waals surface area contributed by atoms with Gasteiger partial charge in [-0.1, -0.05) is 187 Å². The summed E-state index contributed by atoms with van der Waals surface area (Å²) in [4.78, 5) is 12.4. The second-order valence-electron chi connectivity index (χ2n) is 13.4. The van der Waals surface area contributed by atoms with Gasteiger partial charge in [0.05, 0.1) is 12.2 Å². The quantitative estimate of drug-likeness (QED) is 0.0456. The van der Waals surface area contributed by atoms with Gasteiger partial charge in [-0.25, -0.2) is 9.36 Å². The SMILES string of the molecule is CCCCCCCCCCCCCCCCCC[n+]1ccc(C(=O)OCCCCCCCCCCCCCCCC)cc1. The topological polar surface area (TPSA) is 30.2 Å². The number of unbranched alkanes of at least 4 members (excludes halogenated alkanes) is 28. The summed E-state index contributed by atoms with van der Waals surface area (Å²) in [6.07, 6.45) is 45.2. The van der Waals surface area contributed by atoms with E-state index in [1.165, 1.54) is 186 Å². The Kier molecular flexibility index (Phi) is 29.5. The van der Waals surface area contributed by atoms with Gasteiger partial charge in [0.1, 0.15) is 6.54 Å². The molecule has 0 atom stereocenters. The molecule has 1 aromatic heterocycles. The molecule has 0 amide bonds. The second kappa shape index (κ2) is 32.0. The van der Waals surface area contributed by atoms with E-state index in [2.05, 4.69) is 18.4 Å². The zero-order chi connectivity index (χ0) is 30.9. The zero-order valence-electron chi connectivity index (χ0n) is 29.2. The molecule has 1 heterocycles. The number of hydrogen-bond acceptors (Lipinski definition) is 2. The number of nitrogens with zero attached hydrogens (tertiary/aromatic N) is 1. The number of rotatable bonds is 33. The summed E-state index contributed by atoms with van der Waals surface area (Å²) < 4.78 is 7.72. The van der Waals surface area contributed by atoms with Crippen molar-refractivity contribution in [3.8, 4) is 0 Å². The highest BCUT2D eigenvalue weighted by Gasteiger charge is 2.09. The third-order valence-electron chi connectivity index (χ3n) is 9.13. The van der Waals surface area contributed by atoms with Gasteiger partial charge in [0.2, 0.25) is 0 Å². The van der Waals surface area contributed by atoms with Crippen LogP contribution in [0, 0.1) is 0 Å². The van der Waals surface area contributed by atoms with E-state index in [0.29, 0.717) is 12.2 Å². The predicted octanol–water partition coefficient (Wildman–Crippen LogP) is 12.9. The van der Waals surface area contributed by atoms with E-state index in [4.69, 9.17) is 4.74 Å². The summed E-state index contributed by atoms with van der Waals surface area (Å²) in [5.41, 5.74) is 0.675. The Bertz CT molecular complexity index is 701. The van der Waals surface area contributed by atoms with Crippen LogP contribution in [0.15, 0.2) is 24.5 Å². The van der Waals surface area contributed by atoms with Crippen LogP contribution >= 0.6 is 0 Å². The molecule has 250 valence electrons. The van der Waals surface area contributed by atoms with Gasteiger partial charge in [0.15, 0.2) is 12.4 Å². The standard InChI is InChI=1S/C40H74NO2/c1-3-5-7-9-11-13-15-17-19-20-21-23-25-27-29-31-35-41-36-33-39(34-37-41)40(42)43-38-32-30-28-26-24-22-18-16-14-12-10-8-6-4-2/h33-34,36-37H,3-32,35,38H2,1-2H3/q+1. The number of carbonyl (C=O) groups excluding carboxylic acids is 1. The summed E-state index contributed by atoms with van der Waals surface area (Å²) >= 11 is 0. The number of hydrogen-bond donors (Lipinski definition) is 0. The molecule has 1 aromatic rings. The molecular weight excluding hydrogens is 526 g/mol. The molecule has 0 aliphatic carbocycles. The largest absolute Gasteiger partial charge is 0.462 e. The number of aryl methyl sites for hydroxylation is 1. The van der Waals surface area contributed by atoms with Crippen LogP contribution in [0.3, 0.4) is 0 Å². The van der Waals surface area contributed by atoms with Gasteiger partial charge in [-0.2, -0.15) is 0 Å². The minimum absolute atomic E-state index is 0.177. The minimum atomic E-state index is -0.177. The summed E-state index contributed by atoms with van der Waals surface area (Å²) in [5.74, 6) is -0.177. The van der Waals surface area contributed by atoms with Gasteiger partial charge in [0, 0.05) is 18.6 Å². The highest BCUT2D eigenvalue weighted by molar-refractivity contribution is 5.88. The molecule has 0 bridgehead atoms. The molecule has 3 heteroatoms. The van der Waals surface area contributed by atoms with E-state index in [1.54, 1.807) is 0 Å². The molecule has 3 nitrogen and oxygen atoms in total. The van der Waals surface area contributed by atoms with E-state index < -0.39 is 0 Å². The average Bonchev–Trinajstić information content (AvgIpc) is 3.03. The van der Waals surface area contributed by atoms with Crippen molar-refractivity contribution >= 4 is 5.97 Å². The lowest BCUT2D eigenvalue weighted by molar-refractivity contribution is -0.697. The van der Waals surface area contributed by atoms with Crippen molar-refractivity contribution in [3.63, 3.8) is 0 Å². The van der Waals surface area contributed by atoms with E-state index in [9.17, 15) is 4.79 Å². The Balaban J connectivity index is 1.88. The molecule has 43 heavy (non-hydrogen) atoms. The van der Waals surface area contributed by atoms with Crippen LogP contribution in [0.1, 0.15) is 217 Å². The summed E-state index contributed by atoms with van der Waals surface area (Å²) in [5, 5.41) is 0. The zero-order valence-corrected chi connectivity index (χ0v) is 29.2. The predicted molar refractivity (Wildman–Crippen MR) is 187 cm³/mol.